The van der Waals surface area contributed by atoms with Crippen LogP contribution in [-0.2, 0) is 0 Å². The van der Waals surface area contributed by atoms with Crippen molar-refractivity contribution in [3.63, 3.8) is 0 Å². The van der Waals surface area contributed by atoms with Crippen LogP contribution in [-0.4, -0.2) is 12.6 Å². The van der Waals surface area contributed by atoms with Crippen molar-refractivity contribution in [2.45, 2.75) is 45.6 Å². The van der Waals surface area contributed by atoms with Crippen LogP contribution in [0.3, 0.4) is 0 Å². The Bertz CT molecular complexity index is 145. The van der Waals surface area contributed by atoms with Crippen molar-refractivity contribution in [3.8, 4) is 0 Å². The standard InChI is InChI=1S/C11H21N/c1-4-7-11(2,3)8-9-12-10-5-6-10/h4,10,12H,1,5-9H2,2-3H3. The maximum absolute atomic E-state index is 3.78. The third-order valence-corrected chi connectivity index (χ3v) is 2.51. The smallest absolute Gasteiger partial charge is 0.00682 e. The number of nitrogens with one attached hydrogen (secondary N) is 1. The Kier molecular flexibility index (Phi) is 3.33. The number of hydrogen-bond donors (Lipinski definition) is 1. The summed E-state index contributed by atoms with van der Waals surface area (Å²) in [4.78, 5) is 0. The highest BCUT2D eigenvalue weighted by Gasteiger charge is 2.21. The van der Waals surface area contributed by atoms with E-state index in [-0.39, 0.29) is 0 Å². The van der Waals surface area contributed by atoms with Crippen LogP contribution in [0, 0.1) is 5.41 Å². The monoisotopic (exact) mass is 167 g/mol. The zero-order valence-electron chi connectivity index (χ0n) is 8.40. The summed E-state index contributed by atoms with van der Waals surface area (Å²) in [5.74, 6) is 0. The molecule has 0 aromatic heterocycles. The van der Waals surface area contributed by atoms with E-state index in [0.29, 0.717) is 5.41 Å². The van der Waals surface area contributed by atoms with Crippen LogP contribution in [0.2, 0.25) is 0 Å². The van der Waals surface area contributed by atoms with Crippen LogP contribution >= 0.6 is 0 Å². The molecule has 0 amide bonds. The fourth-order valence-corrected chi connectivity index (χ4v) is 1.39. The molecule has 1 rings (SSSR count). The third kappa shape index (κ3) is 3.91. The Hall–Kier alpha value is -0.300. The van der Waals surface area contributed by atoms with Crippen LogP contribution in [0.5, 0.6) is 0 Å². The Labute approximate surface area is 76.2 Å². The van der Waals surface area contributed by atoms with E-state index in [1.165, 1.54) is 25.8 Å². The van der Waals surface area contributed by atoms with Gasteiger partial charge in [-0.2, -0.15) is 0 Å². The van der Waals surface area contributed by atoms with Crippen molar-refractivity contribution in [1.82, 2.24) is 5.32 Å². The van der Waals surface area contributed by atoms with Gasteiger partial charge in [-0.15, -0.1) is 6.58 Å². The Morgan fingerprint density at radius 1 is 1.50 bits per heavy atom. The predicted octanol–water partition coefficient (Wildman–Crippen LogP) is 2.73. The van der Waals surface area contributed by atoms with Gasteiger partial charge in [-0.05, 0) is 37.6 Å². The molecule has 0 aromatic carbocycles. The topological polar surface area (TPSA) is 12.0 Å². The van der Waals surface area contributed by atoms with Crippen LogP contribution < -0.4 is 5.32 Å². The fourth-order valence-electron chi connectivity index (χ4n) is 1.39. The van der Waals surface area contributed by atoms with E-state index in [1.54, 1.807) is 0 Å². The second-order valence-corrected chi connectivity index (χ2v) is 4.64. The van der Waals surface area contributed by atoms with E-state index in [2.05, 4.69) is 25.7 Å². The van der Waals surface area contributed by atoms with Gasteiger partial charge in [-0.3, -0.25) is 0 Å². The highest BCUT2D eigenvalue weighted by atomic mass is 14.9. The second kappa shape index (κ2) is 4.08. The van der Waals surface area contributed by atoms with Gasteiger partial charge in [0.1, 0.15) is 0 Å². The van der Waals surface area contributed by atoms with Crippen LogP contribution in [0.25, 0.3) is 0 Å². The van der Waals surface area contributed by atoms with Gasteiger partial charge in [0.2, 0.25) is 0 Å². The summed E-state index contributed by atoms with van der Waals surface area (Å²) in [6, 6.07) is 0.851. The van der Waals surface area contributed by atoms with Gasteiger partial charge >= 0.3 is 0 Å². The van der Waals surface area contributed by atoms with Crippen molar-refractivity contribution in [3.05, 3.63) is 12.7 Å². The molecule has 0 saturated heterocycles. The average molecular weight is 167 g/mol. The molecule has 0 bridgehead atoms. The molecule has 0 atom stereocenters. The molecule has 1 N–H and O–H groups in total. The van der Waals surface area contributed by atoms with E-state index in [0.717, 1.165) is 12.5 Å². The van der Waals surface area contributed by atoms with Crippen molar-refractivity contribution in [2.24, 2.45) is 5.41 Å². The summed E-state index contributed by atoms with van der Waals surface area (Å²) in [6.07, 6.45) is 7.19. The molecule has 1 nitrogen and oxygen atoms in total. The summed E-state index contributed by atoms with van der Waals surface area (Å²) in [5, 5.41) is 3.54. The van der Waals surface area contributed by atoms with E-state index in [1.807, 2.05) is 6.08 Å². The number of rotatable bonds is 6. The lowest BCUT2D eigenvalue weighted by atomic mass is 9.86. The highest BCUT2D eigenvalue weighted by molar-refractivity contribution is 4.84. The molecule has 1 heteroatoms. The van der Waals surface area contributed by atoms with Gasteiger partial charge in [0, 0.05) is 6.04 Å². The van der Waals surface area contributed by atoms with Crippen molar-refractivity contribution in [2.75, 3.05) is 6.54 Å². The summed E-state index contributed by atoms with van der Waals surface area (Å²) in [5.41, 5.74) is 0.434. The lowest BCUT2D eigenvalue weighted by molar-refractivity contribution is 0.332. The van der Waals surface area contributed by atoms with Crippen molar-refractivity contribution in [1.29, 1.82) is 0 Å². The Morgan fingerprint density at radius 3 is 2.67 bits per heavy atom. The summed E-state index contributed by atoms with van der Waals surface area (Å²) in [7, 11) is 0. The molecule has 0 aromatic rings. The minimum absolute atomic E-state index is 0.434. The SMILES string of the molecule is C=CCC(C)(C)CCNC1CC1. The molecular weight excluding hydrogens is 146 g/mol. The van der Waals surface area contributed by atoms with Gasteiger partial charge in [0.05, 0.1) is 0 Å². The number of hydrogen-bond acceptors (Lipinski definition) is 1. The van der Waals surface area contributed by atoms with E-state index in [4.69, 9.17) is 0 Å². The Morgan fingerprint density at radius 2 is 2.17 bits per heavy atom. The Balaban J connectivity index is 2.05. The first-order valence-electron chi connectivity index (χ1n) is 4.98. The van der Waals surface area contributed by atoms with Gasteiger partial charge < -0.3 is 5.32 Å². The van der Waals surface area contributed by atoms with Crippen molar-refractivity contribution < 1.29 is 0 Å². The van der Waals surface area contributed by atoms with Gasteiger partial charge in [-0.25, -0.2) is 0 Å². The van der Waals surface area contributed by atoms with E-state index in [9.17, 15) is 0 Å². The maximum Gasteiger partial charge on any atom is 0.00682 e. The van der Waals surface area contributed by atoms with Gasteiger partial charge in [0.25, 0.3) is 0 Å². The van der Waals surface area contributed by atoms with Gasteiger partial charge in [-0.1, -0.05) is 19.9 Å². The van der Waals surface area contributed by atoms with Crippen LogP contribution in [0.15, 0.2) is 12.7 Å². The van der Waals surface area contributed by atoms with E-state index < -0.39 is 0 Å². The normalized spacial score (nSPS) is 17.8. The summed E-state index contributed by atoms with van der Waals surface area (Å²) < 4.78 is 0. The number of allylic oxidation sites excluding steroid dienone is 1. The quantitative estimate of drug-likeness (QED) is 0.600. The molecule has 70 valence electrons. The fraction of sp³-hybridized carbons (Fsp3) is 0.818. The molecule has 1 fully saturated rings. The highest BCUT2D eigenvalue weighted by Crippen LogP contribution is 2.25. The molecule has 1 saturated carbocycles. The molecule has 0 unspecified atom stereocenters. The third-order valence-electron chi connectivity index (χ3n) is 2.51. The van der Waals surface area contributed by atoms with Crippen LogP contribution in [0.4, 0.5) is 0 Å². The van der Waals surface area contributed by atoms with Crippen LogP contribution in [0.1, 0.15) is 39.5 Å². The van der Waals surface area contributed by atoms with Gasteiger partial charge in [0.15, 0.2) is 0 Å². The first-order chi connectivity index (χ1) is 5.64. The maximum atomic E-state index is 3.78. The van der Waals surface area contributed by atoms with Crippen molar-refractivity contribution >= 4 is 0 Å². The minimum Gasteiger partial charge on any atom is -0.314 e. The molecule has 1 aliphatic rings. The molecular formula is C11H21N. The lowest BCUT2D eigenvalue weighted by Crippen LogP contribution is -2.23. The zero-order chi connectivity index (χ0) is 9.03. The lowest BCUT2D eigenvalue weighted by Gasteiger charge is -2.22. The molecule has 0 spiro atoms. The minimum atomic E-state index is 0.434. The molecule has 12 heavy (non-hydrogen) atoms. The summed E-state index contributed by atoms with van der Waals surface area (Å²) in [6.45, 7) is 9.57. The second-order valence-electron chi connectivity index (χ2n) is 4.64. The predicted molar refractivity (Wildman–Crippen MR) is 54.2 cm³/mol. The average Bonchev–Trinajstić information content (AvgIpc) is 2.70. The molecule has 1 aliphatic carbocycles. The molecule has 0 heterocycles. The van der Waals surface area contributed by atoms with E-state index >= 15 is 0 Å². The molecule has 0 radical (unpaired) electrons. The summed E-state index contributed by atoms with van der Waals surface area (Å²) >= 11 is 0. The zero-order valence-corrected chi connectivity index (χ0v) is 8.40. The molecule has 0 aliphatic heterocycles. The largest absolute Gasteiger partial charge is 0.314 e. The first kappa shape index (κ1) is 9.79. The first-order valence-corrected chi connectivity index (χ1v) is 4.98.